The van der Waals surface area contributed by atoms with Crippen molar-refractivity contribution in [2.24, 2.45) is 5.92 Å². The van der Waals surface area contributed by atoms with E-state index >= 15 is 4.39 Å². The standard InChI is InChI=1S/C22H24FN7O2/c1-13-15(2-3-16(17(13)23)19-26-12-27-29-19)18-22(31)30(9-4-14-5-10-32-11-6-14)21-20(28-18)24-7-8-25-21/h2-3,7-8,12,14,18H,4-6,9-11H2,1H3,(H,24,28)(H,26,27,29). The first-order chi connectivity index (χ1) is 15.6. The number of halogens is 1. The third-order valence-corrected chi connectivity index (χ3v) is 6.24. The number of benzene rings is 1. The number of aromatic nitrogens is 5. The molecule has 0 radical (unpaired) electrons. The Balaban J connectivity index is 1.46. The molecule has 9 nitrogen and oxygen atoms in total. The molecule has 0 bridgehead atoms. The zero-order chi connectivity index (χ0) is 22.1. The van der Waals surface area contributed by atoms with Crippen LogP contribution < -0.4 is 10.2 Å². The number of aromatic amines is 1. The summed E-state index contributed by atoms with van der Waals surface area (Å²) in [5.74, 6) is 1.27. The van der Waals surface area contributed by atoms with Crippen LogP contribution in [0, 0.1) is 18.7 Å². The maximum absolute atomic E-state index is 15.2. The van der Waals surface area contributed by atoms with Crippen molar-refractivity contribution in [1.29, 1.82) is 0 Å². The van der Waals surface area contributed by atoms with Crippen molar-refractivity contribution in [3.8, 4) is 11.4 Å². The summed E-state index contributed by atoms with van der Waals surface area (Å²) >= 11 is 0. The Labute approximate surface area is 184 Å². The molecule has 3 aromatic rings. The van der Waals surface area contributed by atoms with Crippen LogP contribution in [-0.4, -0.2) is 50.8 Å². The zero-order valence-corrected chi connectivity index (χ0v) is 17.7. The van der Waals surface area contributed by atoms with Gasteiger partial charge in [0.25, 0.3) is 5.91 Å². The molecular formula is C22H24FN7O2. The third-order valence-electron chi connectivity index (χ3n) is 6.24. The number of rotatable bonds is 5. The molecule has 2 N–H and O–H groups in total. The van der Waals surface area contributed by atoms with Gasteiger partial charge in [0.2, 0.25) is 0 Å². The van der Waals surface area contributed by atoms with Crippen molar-refractivity contribution in [2.75, 3.05) is 30.0 Å². The third kappa shape index (κ3) is 3.70. The normalized spacial score (nSPS) is 19.0. The Morgan fingerprint density at radius 1 is 1.19 bits per heavy atom. The average Bonchev–Trinajstić information content (AvgIpc) is 3.35. The van der Waals surface area contributed by atoms with E-state index in [4.69, 9.17) is 4.74 Å². The molecule has 1 amide bonds. The second kappa shape index (κ2) is 8.62. The number of carbonyl (C=O) groups is 1. The molecular weight excluding hydrogens is 413 g/mol. The van der Waals surface area contributed by atoms with E-state index in [9.17, 15) is 4.79 Å². The second-order valence-corrected chi connectivity index (χ2v) is 8.12. The maximum Gasteiger partial charge on any atom is 0.255 e. The second-order valence-electron chi connectivity index (χ2n) is 8.12. The summed E-state index contributed by atoms with van der Waals surface area (Å²) in [6, 6.07) is 2.61. The molecule has 1 unspecified atom stereocenters. The molecule has 0 spiro atoms. The van der Waals surface area contributed by atoms with E-state index in [1.54, 1.807) is 36.4 Å². The lowest BCUT2D eigenvalue weighted by Crippen LogP contribution is -2.44. The van der Waals surface area contributed by atoms with Crippen LogP contribution in [0.15, 0.2) is 30.9 Å². The summed E-state index contributed by atoms with van der Waals surface area (Å²) < 4.78 is 20.7. The van der Waals surface area contributed by atoms with E-state index < -0.39 is 11.9 Å². The van der Waals surface area contributed by atoms with E-state index in [1.165, 1.54) is 6.33 Å². The predicted molar refractivity (Wildman–Crippen MR) is 115 cm³/mol. The lowest BCUT2D eigenvalue weighted by Gasteiger charge is -2.35. The van der Waals surface area contributed by atoms with Gasteiger partial charge in [0.15, 0.2) is 17.5 Å². The minimum atomic E-state index is -0.757. The van der Waals surface area contributed by atoms with Gasteiger partial charge in [0.1, 0.15) is 18.2 Å². The summed E-state index contributed by atoms with van der Waals surface area (Å²) in [6.07, 6.45) is 7.32. The molecule has 10 heteroatoms. The fraction of sp³-hybridized carbons (Fsp3) is 0.409. The number of nitrogens with one attached hydrogen (secondary N) is 2. The molecule has 1 atom stereocenters. The van der Waals surface area contributed by atoms with Gasteiger partial charge in [-0.3, -0.25) is 14.8 Å². The number of ether oxygens (including phenoxy) is 1. The van der Waals surface area contributed by atoms with Crippen LogP contribution >= 0.6 is 0 Å². The van der Waals surface area contributed by atoms with Crippen LogP contribution in [0.25, 0.3) is 11.4 Å². The van der Waals surface area contributed by atoms with Crippen LogP contribution in [0.4, 0.5) is 16.0 Å². The van der Waals surface area contributed by atoms with E-state index in [2.05, 4.69) is 30.5 Å². The Morgan fingerprint density at radius 2 is 2.00 bits per heavy atom. The van der Waals surface area contributed by atoms with Crippen molar-refractivity contribution < 1.29 is 13.9 Å². The Morgan fingerprint density at radius 3 is 2.78 bits per heavy atom. The molecule has 166 valence electrons. The predicted octanol–water partition coefficient (Wildman–Crippen LogP) is 3.03. The number of H-pyrrole nitrogens is 1. The largest absolute Gasteiger partial charge is 0.381 e. The van der Waals surface area contributed by atoms with Crippen molar-refractivity contribution in [2.45, 2.75) is 32.2 Å². The highest BCUT2D eigenvalue weighted by atomic mass is 19.1. The van der Waals surface area contributed by atoms with Crippen LogP contribution in [0.1, 0.15) is 36.4 Å². The van der Waals surface area contributed by atoms with Crippen molar-refractivity contribution in [3.63, 3.8) is 0 Å². The van der Waals surface area contributed by atoms with E-state index in [0.717, 1.165) is 32.5 Å². The quantitative estimate of drug-likeness (QED) is 0.631. The minimum Gasteiger partial charge on any atom is -0.381 e. The van der Waals surface area contributed by atoms with Gasteiger partial charge in [-0.1, -0.05) is 6.07 Å². The monoisotopic (exact) mass is 437 g/mol. The molecule has 0 aliphatic carbocycles. The van der Waals surface area contributed by atoms with Gasteiger partial charge in [-0.25, -0.2) is 19.3 Å². The first kappa shape index (κ1) is 20.5. The van der Waals surface area contributed by atoms with Crippen molar-refractivity contribution in [1.82, 2.24) is 25.1 Å². The molecule has 2 aromatic heterocycles. The van der Waals surface area contributed by atoms with Gasteiger partial charge in [0.05, 0.1) is 5.56 Å². The minimum absolute atomic E-state index is 0.167. The number of carbonyl (C=O) groups excluding carboxylic acids is 1. The number of anilines is 2. The molecule has 1 aromatic carbocycles. The molecule has 4 heterocycles. The summed E-state index contributed by atoms with van der Waals surface area (Å²) in [4.78, 5) is 28.0. The van der Waals surface area contributed by atoms with Crippen LogP contribution in [0.2, 0.25) is 0 Å². The highest BCUT2D eigenvalue weighted by molar-refractivity contribution is 6.03. The van der Waals surface area contributed by atoms with Gasteiger partial charge < -0.3 is 10.1 Å². The van der Waals surface area contributed by atoms with Crippen LogP contribution in [0.5, 0.6) is 0 Å². The van der Waals surface area contributed by atoms with Crippen molar-refractivity contribution >= 4 is 17.5 Å². The molecule has 32 heavy (non-hydrogen) atoms. The fourth-order valence-electron chi connectivity index (χ4n) is 4.39. The van der Waals surface area contributed by atoms with E-state index in [0.29, 0.717) is 46.6 Å². The van der Waals surface area contributed by atoms with Gasteiger partial charge in [-0.2, -0.15) is 5.10 Å². The summed E-state index contributed by atoms with van der Waals surface area (Å²) in [6.45, 7) is 3.72. The number of fused-ring (bicyclic) bond motifs is 1. The van der Waals surface area contributed by atoms with Gasteiger partial charge >= 0.3 is 0 Å². The summed E-state index contributed by atoms with van der Waals surface area (Å²) in [5.41, 5.74) is 1.24. The molecule has 2 aliphatic rings. The molecule has 2 aliphatic heterocycles. The van der Waals surface area contributed by atoms with Gasteiger partial charge in [0, 0.05) is 32.2 Å². The fourth-order valence-corrected chi connectivity index (χ4v) is 4.39. The van der Waals surface area contributed by atoms with Crippen LogP contribution in [-0.2, 0) is 9.53 Å². The molecule has 0 saturated carbocycles. The highest BCUT2D eigenvalue weighted by Crippen LogP contribution is 2.37. The average molecular weight is 437 g/mol. The Kier molecular flexibility index (Phi) is 5.52. The smallest absolute Gasteiger partial charge is 0.255 e. The zero-order valence-electron chi connectivity index (χ0n) is 17.7. The van der Waals surface area contributed by atoms with Crippen LogP contribution in [0.3, 0.4) is 0 Å². The Bertz CT molecular complexity index is 1120. The number of amides is 1. The lowest BCUT2D eigenvalue weighted by molar-refractivity contribution is -0.119. The molecule has 5 rings (SSSR count). The van der Waals surface area contributed by atoms with Gasteiger partial charge in [-0.05, 0) is 49.3 Å². The summed E-state index contributed by atoms with van der Waals surface area (Å²) in [7, 11) is 0. The lowest BCUT2D eigenvalue weighted by atomic mass is 9.94. The van der Waals surface area contributed by atoms with E-state index in [-0.39, 0.29) is 5.91 Å². The van der Waals surface area contributed by atoms with Gasteiger partial charge in [-0.15, -0.1) is 0 Å². The number of hydrogen-bond donors (Lipinski definition) is 2. The maximum atomic E-state index is 15.2. The Hall–Kier alpha value is -3.40. The molecule has 1 fully saturated rings. The SMILES string of the molecule is Cc1c(C2Nc3nccnc3N(CCC3CCOCC3)C2=O)ccc(-c2ncn[nH]2)c1F. The molecule has 1 saturated heterocycles. The van der Waals surface area contributed by atoms with Crippen molar-refractivity contribution in [3.05, 3.63) is 47.8 Å². The first-order valence-corrected chi connectivity index (χ1v) is 10.7. The highest BCUT2D eigenvalue weighted by Gasteiger charge is 2.37. The number of nitrogens with zero attached hydrogens (tertiary/aromatic N) is 5. The first-order valence-electron chi connectivity index (χ1n) is 10.7. The summed E-state index contributed by atoms with van der Waals surface area (Å²) in [5, 5.41) is 9.63. The topological polar surface area (TPSA) is 109 Å². The van der Waals surface area contributed by atoms with E-state index in [1.807, 2.05) is 0 Å². The number of hydrogen-bond acceptors (Lipinski definition) is 7.